The lowest BCUT2D eigenvalue weighted by molar-refractivity contribution is -0.114. The van der Waals surface area contributed by atoms with Crippen LogP contribution in [-0.4, -0.2) is 33.0 Å². The number of carbonyl (C=O) groups is 1. The molecular formula is C21H19N5O2. The monoisotopic (exact) mass is 373 g/mol. The number of hydrogen-bond acceptors (Lipinski definition) is 5. The standard InChI is InChI=1S/C21H19N5O2/c1-12-4-5-15(10-23-12)19-20(14-6-7-22-18(8-14)25-13(2)27)26-17-9-16(28-3)11-24-21(17)19/h4-11,26H,1-3H3,(H,22,25,27). The highest BCUT2D eigenvalue weighted by atomic mass is 16.5. The molecule has 7 nitrogen and oxygen atoms in total. The molecule has 0 aliphatic heterocycles. The van der Waals surface area contributed by atoms with Crippen LogP contribution < -0.4 is 10.1 Å². The first-order valence-electron chi connectivity index (χ1n) is 8.78. The van der Waals surface area contributed by atoms with Gasteiger partial charge in [0.1, 0.15) is 11.6 Å². The number of anilines is 1. The van der Waals surface area contributed by atoms with E-state index in [-0.39, 0.29) is 5.91 Å². The summed E-state index contributed by atoms with van der Waals surface area (Å²) in [5.74, 6) is 0.986. The second-order valence-corrected chi connectivity index (χ2v) is 6.45. The zero-order chi connectivity index (χ0) is 19.7. The summed E-state index contributed by atoms with van der Waals surface area (Å²) in [5.41, 5.74) is 6.24. The first kappa shape index (κ1) is 17.7. The van der Waals surface area contributed by atoms with Crippen LogP contribution in [0.15, 0.2) is 48.9 Å². The van der Waals surface area contributed by atoms with Gasteiger partial charge in [0.15, 0.2) is 0 Å². The van der Waals surface area contributed by atoms with Gasteiger partial charge < -0.3 is 15.0 Å². The maximum atomic E-state index is 11.4. The highest BCUT2D eigenvalue weighted by Crippen LogP contribution is 2.38. The summed E-state index contributed by atoms with van der Waals surface area (Å²) in [7, 11) is 1.61. The number of pyridine rings is 3. The topological polar surface area (TPSA) is 92.8 Å². The Bertz CT molecular complexity index is 1170. The van der Waals surface area contributed by atoms with Crippen molar-refractivity contribution in [2.45, 2.75) is 13.8 Å². The van der Waals surface area contributed by atoms with E-state index in [9.17, 15) is 4.79 Å². The van der Waals surface area contributed by atoms with Crippen molar-refractivity contribution in [1.29, 1.82) is 0 Å². The Labute approximate surface area is 161 Å². The number of nitrogens with zero attached hydrogens (tertiary/aromatic N) is 3. The van der Waals surface area contributed by atoms with Crippen LogP contribution in [0.1, 0.15) is 12.6 Å². The molecule has 0 bridgehead atoms. The van der Waals surface area contributed by atoms with Crippen molar-refractivity contribution in [3.63, 3.8) is 0 Å². The van der Waals surface area contributed by atoms with Gasteiger partial charge in [0, 0.05) is 47.8 Å². The highest BCUT2D eigenvalue weighted by molar-refractivity contribution is 6.02. The maximum Gasteiger partial charge on any atom is 0.222 e. The van der Waals surface area contributed by atoms with Crippen LogP contribution in [0.4, 0.5) is 5.82 Å². The second-order valence-electron chi connectivity index (χ2n) is 6.45. The van der Waals surface area contributed by atoms with Crippen LogP contribution in [0.2, 0.25) is 0 Å². The zero-order valence-corrected chi connectivity index (χ0v) is 15.8. The molecule has 0 unspecified atom stereocenters. The summed E-state index contributed by atoms with van der Waals surface area (Å²) < 4.78 is 5.31. The minimum atomic E-state index is -0.171. The quantitative estimate of drug-likeness (QED) is 0.565. The summed E-state index contributed by atoms with van der Waals surface area (Å²) in [6, 6.07) is 9.62. The maximum absolute atomic E-state index is 11.4. The number of H-pyrrole nitrogens is 1. The molecule has 0 saturated heterocycles. The summed E-state index contributed by atoms with van der Waals surface area (Å²) >= 11 is 0. The van der Waals surface area contributed by atoms with Gasteiger partial charge in [0.25, 0.3) is 0 Å². The van der Waals surface area contributed by atoms with Gasteiger partial charge in [-0.3, -0.25) is 14.8 Å². The van der Waals surface area contributed by atoms with E-state index in [4.69, 9.17) is 4.74 Å². The molecule has 0 aliphatic rings. The average Bonchev–Trinajstić information content (AvgIpc) is 3.07. The summed E-state index contributed by atoms with van der Waals surface area (Å²) in [4.78, 5) is 28.1. The molecule has 4 aromatic heterocycles. The fourth-order valence-electron chi connectivity index (χ4n) is 3.12. The van der Waals surface area contributed by atoms with Crippen molar-refractivity contribution in [3.8, 4) is 28.1 Å². The Morgan fingerprint density at radius 1 is 1.07 bits per heavy atom. The molecule has 0 radical (unpaired) electrons. The minimum absolute atomic E-state index is 0.171. The molecule has 0 saturated carbocycles. The molecule has 28 heavy (non-hydrogen) atoms. The zero-order valence-electron chi connectivity index (χ0n) is 15.8. The van der Waals surface area contributed by atoms with Crippen LogP contribution in [0.3, 0.4) is 0 Å². The van der Waals surface area contributed by atoms with Gasteiger partial charge in [0.05, 0.1) is 30.0 Å². The minimum Gasteiger partial charge on any atom is -0.495 e. The lowest BCUT2D eigenvalue weighted by Gasteiger charge is -2.07. The number of aromatic nitrogens is 4. The van der Waals surface area contributed by atoms with Gasteiger partial charge >= 0.3 is 0 Å². The van der Waals surface area contributed by atoms with Crippen molar-refractivity contribution in [3.05, 3.63) is 54.6 Å². The van der Waals surface area contributed by atoms with Crippen molar-refractivity contribution in [2.75, 3.05) is 12.4 Å². The Morgan fingerprint density at radius 2 is 1.93 bits per heavy atom. The predicted octanol–water partition coefficient (Wildman–Crippen LogP) is 3.96. The molecule has 4 aromatic rings. The van der Waals surface area contributed by atoms with E-state index < -0.39 is 0 Å². The molecule has 0 atom stereocenters. The Hall–Kier alpha value is -3.74. The number of hydrogen-bond donors (Lipinski definition) is 2. The molecule has 0 aliphatic carbocycles. The smallest absolute Gasteiger partial charge is 0.222 e. The fourth-order valence-corrected chi connectivity index (χ4v) is 3.12. The third-order valence-electron chi connectivity index (χ3n) is 4.40. The molecule has 0 fully saturated rings. The first-order valence-corrected chi connectivity index (χ1v) is 8.78. The number of amides is 1. The molecule has 0 spiro atoms. The molecule has 140 valence electrons. The number of ether oxygens (including phenoxy) is 1. The Morgan fingerprint density at radius 3 is 2.64 bits per heavy atom. The summed E-state index contributed by atoms with van der Waals surface area (Å²) in [6.45, 7) is 3.41. The van der Waals surface area contributed by atoms with Gasteiger partial charge in [0.2, 0.25) is 5.91 Å². The van der Waals surface area contributed by atoms with Crippen molar-refractivity contribution >= 4 is 22.8 Å². The van der Waals surface area contributed by atoms with Crippen LogP contribution >= 0.6 is 0 Å². The Balaban J connectivity index is 1.95. The summed E-state index contributed by atoms with van der Waals surface area (Å²) in [5, 5.41) is 2.72. The van der Waals surface area contributed by atoms with Crippen molar-refractivity contribution < 1.29 is 9.53 Å². The number of rotatable bonds is 4. The third-order valence-corrected chi connectivity index (χ3v) is 4.40. The van der Waals surface area contributed by atoms with Crippen LogP contribution in [0, 0.1) is 6.92 Å². The van der Waals surface area contributed by atoms with Gasteiger partial charge in [-0.25, -0.2) is 4.98 Å². The van der Waals surface area contributed by atoms with Crippen LogP contribution in [-0.2, 0) is 4.79 Å². The number of aromatic amines is 1. The van der Waals surface area contributed by atoms with E-state index in [1.807, 2.05) is 43.5 Å². The molecule has 7 heteroatoms. The van der Waals surface area contributed by atoms with E-state index in [2.05, 4.69) is 25.3 Å². The molecule has 4 rings (SSSR count). The molecule has 1 amide bonds. The van der Waals surface area contributed by atoms with Crippen LogP contribution in [0.25, 0.3) is 33.4 Å². The fraction of sp³-hybridized carbons (Fsp3) is 0.143. The molecular weight excluding hydrogens is 354 g/mol. The number of carbonyl (C=O) groups excluding carboxylic acids is 1. The predicted molar refractivity (Wildman–Crippen MR) is 108 cm³/mol. The van der Waals surface area contributed by atoms with Gasteiger partial charge in [-0.05, 0) is 25.1 Å². The van der Waals surface area contributed by atoms with Crippen molar-refractivity contribution in [2.24, 2.45) is 0 Å². The number of methoxy groups -OCH3 is 1. The molecule has 2 N–H and O–H groups in total. The molecule has 0 aromatic carbocycles. The van der Waals surface area contributed by atoms with E-state index in [1.165, 1.54) is 6.92 Å². The lowest BCUT2D eigenvalue weighted by Crippen LogP contribution is -2.07. The normalized spacial score (nSPS) is 10.8. The van der Waals surface area contributed by atoms with Gasteiger partial charge in [-0.15, -0.1) is 0 Å². The van der Waals surface area contributed by atoms with Crippen molar-refractivity contribution in [1.82, 2.24) is 19.9 Å². The van der Waals surface area contributed by atoms with E-state index >= 15 is 0 Å². The number of fused-ring (bicyclic) bond motifs is 1. The number of nitrogens with one attached hydrogen (secondary N) is 2. The van der Waals surface area contributed by atoms with E-state index in [0.717, 1.165) is 39.1 Å². The third kappa shape index (κ3) is 3.29. The first-order chi connectivity index (χ1) is 13.5. The van der Waals surface area contributed by atoms with Gasteiger partial charge in [-0.1, -0.05) is 6.07 Å². The largest absolute Gasteiger partial charge is 0.495 e. The second kappa shape index (κ2) is 7.11. The highest BCUT2D eigenvalue weighted by Gasteiger charge is 2.18. The van der Waals surface area contributed by atoms with E-state index in [1.54, 1.807) is 19.5 Å². The Kier molecular flexibility index (Phi) is 4.49. The number of aryl methyl sites for hydroxylation is 1. The average molecular weight is 373 g/mol. The van der Waals surface area contributed by atoms with E-state index in [0.29, 0.717) is 11.6 Å². The molecule has 4 heterocycles. The van der Waals surface area contributed by atoms with Gasteiger partial charge in [-0.2, -0.15) is 0 Å². The van der Waals surface area contributed by atoms with Crippen LogP contribution in [0.5, 0.6) is 5.75 Å². The summed E-state index contributed by atoms with van der Waals surface area (Å²) in [6.07, 6.45) is 5.20. The SMILES string of the molecule is COc1cnc2c(-c3ccc(C)nc3)c(-c3ccnc(NC(C)=O)c3)[nH]c2c1. The lowest BCUT2D eigenvalue weighted by atomic mass is 10.0.